The van der Waals surface area contributed by atoms with Crippen LogP contribution in [0.25, 0.3) is 0 Å². The van der Waals surface area contributed by atoms with E-state index in [1.807, 2.05) is 55.5 Å². The van der Waals surface area contributed by atoms with Crippen LogP contribution in [-0.4, -0.2) is 16.8 Å². The third-order valence-corrected chi connectivity index (χ3v) is 3.72. The maximum atomic E-state index is 10.0. The van der Waals surface area contributed by atoms with Gasteiger partial charge in [-0.2, -0.15) is 0 Å². The third-order valence-electron chi connectivity index (χ3n) is 3.07. The molecule has 2 aromatic carbocycles. The second kappa shape index (κ2) is 7.41. The van der Waals surface area contributed by atoms with Crippen LogP contribution in [0.2, 0.25) is 5.02 Å². The van der Waals surface area contributed by atoms with Gasteiger partial charge in [-0.1, -0.05) is 48.0 Å². The molecular formula is C16H17ClN2OS. The molecule has 0 unspecified atom stereocenters. The van der Waals surface area contributed by atoms with Crippen LogP contribution in [0.1, 0.15) is 17.2 Å². The van der Waals surface area contributed by atoms with Crippen LogP contribution in [0.15, 0.2) is 48.5 Å². The van der Waals surface area contributed by atoms with E-state index < -0.39 is 6.10 Å². The first-order valence-corrected chi connectivity index (χ1v) is 7.39. The first-order valence-electron chi connectivity index (χ1n) is 6.60. The highest BCUT2D eigenvalue weighted by Crippen LogP contribution is 2.19. The fourth-order valence-electron chi connectivity index (χ4n) is 1.83. The zero-order valence-corrected chi connectivity index (χ0v) is 13.2. The van der Waals surface area contributed by atoms with E-state index in [0.29, 0.717) is 16.7 Å². The molecule has 0 aliphatic heterocycles. The summed E-state index contributed by atoms with van der Waals surface area (Å²) in [5, 5.41) is 17.2. The average Bonchev–Trinajstić information content (AvgIpc) is 2.49. The van der Waals surface area contributed by atoms with Crippen molar-refractivity contribution in [3.05, 3.63) is 64.7 Å². The van der Waals surface area contributed by atoms with E-state index in [9.17, 15) is 5.11 Å². The predicted octanol–water partition coefficient (Wildman–Crippen LogP) is 3.67. The number of nitrogens with one attached hydrogen (secondary N) is 2. The van der Waals surface area contributed by atoms with Gasteiger partial charge in [-0.15, -0.1) is 0 Å². The molecule has 0 fully saturated rings. The van der Waals surface area contributed by atoms with Crippen LogP contribution in [0.4, 0.5) is 5.69 Å². The molecule has 0 aliphatic rings. The van der Waals surface area contributed by atoms with Gasteiger partial charge >= 0.3 is 0 Å². The fraction of sp³-hybridized carbons (Fsp3) is 0.188. The minimum atomic E-state index is -0.604. The minimum absolute atomic E-state index is 0.343. The van der Waals surface area contributed by atoms with Crippen LogP contribution >= 0.6 is 23.8 Å². The number of halogens is 1. The largest absolute Gasteiger partial charge is 0.387 e. The number of aliphatic hydroxyl groups excluding tert-OH is 1. The van der Waals surface area contributed by atoms with Crippen molar-refractivity contribution >= 4 is 34.6 Å². The van der Waals surface area contributed by atoms with E-state index in [2.05, 4.69) is 10.6 Å². The summed E-state index contributed by atoms with van der Waals surface area (Å²) in [4.78, 5) is 0. The summed E-state index contributed by atoms with van der Waals surface area (Å²) in [6, 6.07) is 15.1. The van der Waals surface area contributed by atoms with Crippen molar-refractivity contribution in [1.82, 2.24) is 5.32 Å². The first kappa shape index (κ1) is 15.8. The maximum absolute atomic E-state index is 10.0. The highest BCUT2D eigenvalue weighted by atomic mass is 35.5. The molecule has 0 saturated heterocycles. The normalized spacial score (nSPS) is 11.8. The molecule has 3 nitrogen and oxygen atoms in total. The number of aliphatic hydroxyl groups is 1. The molecule has 21 heavy (non-hydrogen) atoms. The molecule has 0 aliphatic carbocycles. The first-order chi connectivity index (χ1) is 10.1. The number of benzene rings is 2. The third kappa shape index (κ3) is 4.70. The zero-order valence-electron chi connectivity index (χ0n) is 11.6. The quantitative estimate of drug-likeness (QED) is 0.752. The molecule has 0 aromatic heterocycles. The molecule has 2 rings (SSSR count). The molecule has 0 amide bonds. The lowest BCUT2D eigenvalue weighted by atomic mass is 10.1. The number of hydrogen-bond donors (Lipinski definition) is 3. The molecule has 1 atom stereocenters. The SMILES string of the molecule is Cc1ccc(NC(=S)NC[C@@H](O)c2ccccc2)cc1Cl. The number of thiocarbonyl (C=S) groups is 1. The Morgan fingerprint density at radius 3 is 2.62 bits per heavy atom. The highest BCUT2D eigenvalue weighted by molar-refractivity contribution is 7.80. The van der Waals surface area contributed by atoms with Gasteiger partial charge in [0.1, 0.15) is 0 Å². The molecular weight excluding hydrogens is 304 g/mol. The van der Waals surface area contributed by atoms with Crippen molar-refractivity contribution in [3.8, 4) is 0 Å². The Morgan fingerprint density at radius 2 is 1.95 bits per heavy atom. The van der Waals surface area contributed by atoms with E-state index in [1.54, 1.807) is 0 Å². The van der Waals surface area contributed by atoms with Crippen LogP contribution in [0.3, 0.4) is 0 Å². The number of anilines is 1. The van der Waals surface area contributed by atoms with Crippen LogP contribution in [-0.2, 0) is 0 Å². The Morgan fingerprint density at radius 1 is 1.24 bits per heavy atom. The Hall–Kier alpha value is -1.62. The smallest absolute Gasteiger partial charge is 0.170 e. The summed E-state index contributed by atoms with van der Waals surface area (Å²) < 4.78 is 0. The molecule has 0 spiro atoms. The van der Waals surface area contributed by atoms with Gasteiger partial charge in [-0.25, -0.2) is 0 Å². The summed E-state index contributed by atoms with van der Waals surface area (Å²) in [7, 11) is 0. The maximum Gasteiger partial charge on any atom is 0.170 e. The van der Waals surface area contributed by atoms with Crippen LogP contribution in [0, 0.1) is 6.92 Å². The summed E-state index contributed by atoms with van der Waals surface area (Å²) >= 11 is 11.3. The Bertz CT molecular complexity index is 619. The lowest BCUT2D eigenvalue weighted by Crippen LogP contribution is -2.32. The zero-order chi connectivity index (χ0) is 15.2. The van der Waals surface area contributed by atoms with E-state index in [4.69, 9.17) is 23.8 Å². The molecule has 0 heterocycles. The van der Waals surface area contributed by atoms with Crippen molar-refractivity contribution in [2.45, 2.75) is 13.0 Å². The van der Waals surface area contributed by atoms with Gasteiger partial charge in [0.2, 0.25) is 0 Å². The van der Waals surface area contributed by atoms with Crippen molar-refractivity contribution < 1.29 is 5.11 Å². The van der Waals surface area contributed by atoms with Gasteiger partial charge in [-0.05, 0) is 42.4 Å². The van der Waals surface area contributed by atoms with E-state index >= 15 is 0 Å². The Kier molecular flexibility index (Phi) is 5.56. The van der Waals surface area contributed by atoms with Gasteiger partial charge < -0.3 is 15.7 Å². The van der Waals surface area contributed by atoms with Crippen LogP contribution < -0.4 is 10.6 Å². The topological polar surface area (TPSA) is 44.3 Å². The second-order valence-electron chi connectivity index (χ2n) is 4.73. The van der Waals surface area contributed by atoms with Gasteiger partial charge in [-0.3, -0.25) is 0 Å². The monoisotopic (exact) mass is 320 g/mol. The van der Waals surface area contributed by atoms with Gasteiger partial charge in [0.05, 0.1) is 6.10 Å². The molecule has 0 saturated carbocycles. The number of hydrogen-bond acceptors (Lipinski definition) is 2. The number of rotatable bonds is 4. The minimum Gasteiger partial charge on any atom is -0.387 e. The summed E-state index contributed by atoms with van der Waals surface area (Å²) in [5.74, 6) is 0. The summed E-state index contributed by atoms with van der Waals surface area (Å²) in [5.41, 5.74) is 2.68. The van der Waals surface area contributed by atoms with Gasteiger partial charge in [0, 0.05) is 17.3 Å². The molecule has 2 aromatic rings. The molecule has 0 radical (unpaired) electrons. The average molecular weight is 321 g/mol. The summed E-state index contributed by atoms with van der Waals surface area (Å²) in [6.07, 6.45) is -0.604. The summed E-state index contributed by atoms with van der Waals surface area (Å²) in [6.45, 7) is 2.29. The lowest BCUT2D eigenvalue weighted by molar-refractivity contribution is 0.181. The Labute approximate surface area is 135 Å². The van der Waals surface area contributed by atoms with Crippen molar-refractivity contribution in [1.29, 1.82) is 0 Å². The van der Waals surface area contributed by atoms with E-state index in [0.717, 1.165) is 16.8 Å². The van der Waals surface area contributed by atoms with Gasteiger partial charge in [0.15, 0.2) is 5.11 Å². The molecule has 3 N–H and O–H groups in total. The van der Waals surface area contributed by atoms with Crippen molar-refractivity contribution in [3.63, 3.8) is 0 Å². The highest BCUT2D eigenvalue weighted by Gasteiger charge is 2.07. The fourth-order valence-corrected chi connectivity index (χ4v) is 2.21. The van der Waals surface area contributed by atoms with Crippen molar-refractivity contribution in [2.24, 2.45) is 0 Å². The molecule has 5 heteroatoms. The number of aryl methyl sites for hydroxylation is 1. The Balaban J connectivity index is 1.86. The van der Waals surface area contributed by atoms with Gasteiger partial charge in [0.25, 0.3) is 0 Å². The van der Waals surface area contributed by atoms with Crippen LogP contribution in [0.5, 0.6) is 0 Å². The van der Waals surface area contributed by atoms with E-state index in [-0.39, 0.29) is 0 Å². The predicted molar refractivity (Wildman–Crippen MR) is 91.8 cm³/mol. The van der Waals surface area contributed by atoms with Crippen molar-refractivity contribution in [2.75, 3.05) is 11.9 Å². The molecule has 110 valence electrons. The van der Waals surface area contributed by atoms with E-state index in [1.165, 1.54) is 0 Å². The lowest BCUT2D eigenvalue weighted by Gasteiger charge is -2.15. The standard InChI is InChI=1S/C16H17ClN2OS/c1-11-7-8-13(9-14(11)17)19-16(21)18-10-15(20)12-5-3-2-4-6-12/h2-9,15,20H,10H2,1H3,(H2,18,19,21)/t15-/m1/s1. The molecule has 0 bridgehead atoms. The second-order valence-corrected chi connectivity index (χ2v) is 5.54.